The molecule has 2 bridgehead atoms. The highest BCUT2D eigenvalue weighted by molar-refractivity contribution is 5.05. The van der Waals surface area contributed by atoms with Gasteiger partial charge in [-0.05, 0) is 49.4 Å². The van der Waals surface area contributed by atoms with Crippen LogP contribution in [-0.4, -0.2) is 22.1 Å². The van der Waals surface area contributed by atoms with E-state index in [4.69, 9.17) is 0 Å². The SMILES string of the molecule is Cn1ccnc1CCNC1CC2CC1C1CCCC21. The number of nitrogens with zero attached hydrogens (tertiary/aromatic N) is 2. The quantitative estimate of drug-likeness (QED) is 0.899. The van der Waals surface area contributed by atoms with E-state index in [1.54, 1.807) is 0 Å². The molecule has 3 aliphatic rings. The summed E-state index contributed by atoms with van der Waals surface area (Å²) in [4.78, 5) is 4.40. The molecule has 0 amide bonds. The molecule has 1 aromatic rings. The Kier molecular flexibility index (Phi) is 2.91. The van der Waals surface area contributed by atoms with Crippen LogP contribution in [0.25, 0.3) is 0 Å². The summed E-state index contributed by atoms with van der Waals surface area (Å²) in [5, 5.41) is 3.84. The van der Waals surface area contributed by atoms with Gasteiger partial charge in [-0.15, -0.1) is 0 Å². The summed E-state index contributed by atoms with van der Waals surface area (Å²) in [6.45, 7) is 1.09. The van der Waals surface area contributed by atoms with Gasteiger partial charge >= 0.3 is 0 Å². The smallest absolute Gasteiger partial charge is 0.109 e. The minimum Gasteiger partial charge on any atom is -0.338 e. The van der Waals surface area contributed by atoms with Crippen molar-refractivity contribution in [2.24, 2.45) is 30.7 Å². The summed E-state index contributed by atoms with van der Waals surface area (Å²) in [5.41, 5.74) is 0. The van der Waals surface area contributed by atoms with Crippen molar-refractivity contribution < 1.29 is 0 Å². The van der Waals surface area contributed by atoms with Gasteiger partial charge in [-0.25, -0.2) is 4.98 Å². The summed E-state index contributed by atoms with van der Waals surface area (Å²) >= 11 is 0. The van der Waals surface area contributed by atoms with Crippen molar-refractivity contribution in [3.63, 3.8) is 0 Å². The second kappa shape index (κ2) is 4.62. The van der Waals surface area contributed by atoms with Crippen molar-refractivity contribution in [3.05, 3.63) is 18.2 Å². The summed E-state index contributed by atoms with van der Waals surface area (Å²) in [5.74, 6) is 5.44. The Morgan fingerprint density at radius 2 is 2.16 bits per heavy atom. The fourth-order valence-electron chi connectivity index (χ4n) is 5.31. The van der Waals surface area contributed by atoms with E-state index in [0.717, 1.165) is 42.7 Å². The summed E-state index contributed by atoms with van der Waals surface area (Å²) in [7, 11) is 2.09. The molecule has 1 heterocycles. The van der Waals surface area contributed by atoms with Crippen LogP contribution in [0.15, 0.2) is 12.4 Å². The van der Waals surface area contributed by atoms with Crippen molar-refractivity contribution in [2.45, 2.75) is 44.6 Å². The monoisotopic (exact) mass is 259 g/mol. The Balaban J connectivity index is 1.32. The first-order valence-electron chi connectivity index (χ1n) is 8.02. The molecule has 1 aromatic heterocycles. The highest BCUT2D eigenvalue weighted by Gasteiger charge is 2.53. The Morgan fingerprint density at radius 1 is 1.26 bits per heavy atom. The van der Waals surface area contributed by atoms with Gasteiger partial charge < -0.3 is 9.88 Å². The van der Waals surface area contributed by atoms with Gasteiger partial charge in [0.15, 0.2) is 0 Å². The molecule has 0 saturated heterocycles. The highest BCUT2D eigenvalue weighted by Crippen LogP contribution is 2.58. The minimum atomic E-state index is 0.810. The van der Waals surface area contributed by atoms with Gasteiger partial charge in [0.05, 0.1) is 0 Å². The molecule has 0 radical (unpaired) electrons. The van der Waals surface area contributed by atoms with Crippen LogP contribution in [0, 0.1) is 23.7 Å². The van der Waals surface area contributed by atoms with Gasteiger partial charge in [0, 0.05) is 38.4 Å². The van der Waals surface area contributed by atoms with Crippen LogP contribution >= 0.6 is 0 Å². The van der Waals surface area contributed by atoms with Crippen molar-refractivity contribution in [1.29, 1.82) is 0 Å². The fraction of sp³-hybridized carbons (Fsp3) is 0.812. The number of aryl methyl sites for hydroxylation is 1. The van der Waals surface area contributed by atoms with Gasteiger partial charge in [0.25, 0.3) is 0 Å². The van der Waals surface area contributed by atoms with E-state index in [9.17, 15) is 0 Å². The molecule has 3 nitrogen and oxygen atoms in total. The molecule has 4 rings (SSSR count). The minimum absolute atomic E-state index is 0.810. The average molecular weight is 259 g/mol. The molecule has 0 spiro atoms. The molecule has 1 N–H and O–H groups in total. The van der Waals surface area contributed by atoms with Gasteiger partial charge in [0.2, 0.25) is 0 Å². The number of rotatable bonds is 4. The van der Waals surface area contributed by atoms with Crippen LogP contribution in [-0.2, 0) is 13.5 Å². The van der Waals surface area contributed by atoms with Crippen LogP contribution in [0.5, 0.6) is 0 Å². The lowest BCUT2D eigenvalue weighted by Crippen LogP contribution is -2.40. The normalized spacial score (nSPS) is 39.9. The third-order valence-corrected chi connectivity index (χ3v) is 6.10. The second-order valence-corrected chi connectivity index (χ2v) is 6.92. The summed E-state index contributed by atoms with van der Waals surface area (Å²) in [6, 6.07) is 0.810. The second-order valence-electron chi connectivity index (χ2n) is 6.92. The van der Waals surface area contributed by atoms with Gasteiger partial charge in [-0.1, -0.05) is 6.42 Å². The lowest BCUT2D eigenvalue weighted by atomic mass is 9.79. The zero-order chi connectivity index (χ0) is 12.8. The first kappa shape index (κ1) is 12.0. The largest absolute Gasteiger partial charge is 0.338 e. The van der Waals surface area contributed by atoms with Crippen LogP contribution in [0.2, 0.25) is 0 Å². The third kappa shape index (κ3) is 1.94. The predicted octanol–water partition coefficient (Wildman–Crippen LogP) is 2.38. The topological polar surface area (TPSA) is 29.9 Å². The van der Waals surface area contributed by atoms with Crippen LogP contribution < -0.4 is 5.32 Å². The molecule has 0 aliphatic heterocycles. The lowest BCUT2D eigenvalue weighted by Gasteiger charge is -2.32. The van der Waals surface area contributed by atoms with Gasteiger partial charge in [-0.3, -0.25) is 0 Å². The standard InChI is InChI=1S/C16H25N3/c1-19-8-7-18-16(19)5-6-17-15-10-11-9-14(15)13-4-2-3-12(11)13/h7-8,11-15,17H,2-6,9-10H2,1H3. The van der Waals surface area contributed by atoms with Gasteiger partial charge in [-0.2, -0.15) is 0 Å². The molecular formula is C16H25N3. The molecule has 3 fully saturated rings. The number of hydrogen-bond acceptors (Lipinski definition) is 2. The molecular weight excluding hydrogens is 234 g/mol. The molecule has 104 valence electrons. The van der Waals surface area contributed by atoms with Gasteiger partial charge in [0.1, 0.15) is 5.82 Å². The summed E-state index contributed by atoms with van der Waals surface area (Å²) in [6.07, 6.45) is 12.5. The number of hydrogen-bond donors (Lipinski definition) is 1. The van der Waals surface area contributed by atoms with E-state index in [2.05, 4.69) is 21.9 Å². The lowest BCUT2D eigenvalue weighted by molar-refractivity contribution is 0.209. The van der Waals surface area contributed by atoms with Crippen molar-refractivity contribution in [2.75, 3.05) is 6.54 Å². The molecule has 3 heteroatoms. The number of aromatic nitrogens is 2. The van der Waals surface area contributed by atoms with E-state index in [0.29, 0.717) is 0 Å². The summed E-state index contributed by atoms with van der Waals surface area (Å²) < 4.78 is 2.13. The molecule has 3 saturated carbocycles. The van der Waals surface area contributed by atoms with E-state index in [1.165, 1.54) is 37.9 Å². The maximum Gasteiger partial charge on any atom is 0.109 e. The molecule has 19 heavy (non-hydrogen) atoms. The predicted molar refractivity (Wildman–Crippen MR) is 75.7 cm³/mol. The molecule has 3 aliphatic carbocycles. The molecule has 5 atom stereocenters. The number of fused-ring (bicyclic) bond motifs is 5. The van der Waals surface area contributed by atoms with Crippen LogP contribution in [0.3, 0.4) is 0 Å². The van der Waals surface area contributed by atoms with Crippen molar-refractivity contribution in [3.8, 4) is 0 Å². The number of imidazole rings is 1. The number of nitrogens with one attached hydrogen (secondary N) is 1. The Bertz CT molecular complexity index is 453. The first-order chi connectivity index (χ1) is 9.33. The van der Waals surface area contributed by atoms with E-state index < -0.39 is 0 Å². The maximum absolute atomic E-state index is 4.40. The Morgan fingerprint density at radius 3 is 3.00 bits per heavy atom. The maximum atomic E-state index is 4.40. The highest BCUT2D eigenvalue weighted by atomic mass is 15.0. The van der Waals surface area contributed by atoms with E-state index in [1.807, 2.05) is 12.4 Å². The van der Waals surface area contributed by atoms with Crippen molar-refractivity contribution in [1.82, 2.24) is 14.9 Å². The van der Waals surface area contributed by atoms with Crippen LogP contribution in [0.4, 0.5) is 0 Å². The first-order valence-corrected chi connectivity index (χ1v) is 8.02. The van der Waals surface area contributed by atoms with E-state index in [-0.39, 0.29) is 0 Å². The Hall–Kier alpha value is -0.830. The zero-order valence-corrected chi connectivity index (χ0v) is 11.9. The van der Waals surface area contributed by atoms with Crippen LogP contribution in [0.1, 0.15) is 37.9 Å². The van der Waals surface area contributed by atoms with E-state index >= 15 is 0 Å². The average Bonchev–Trinajstić information content (AvgIpc) is 3.11. The molecule has 0 aromatic carbocycles. The van der Waals surface area contributed by atoms with Crippen molar-refractivity contribution >= 4 is 0 Å². The molecule has 5 unspecified atom stereocenters. The third-order valence-electron chi connectivity index (χ3n) is 6.10. The Labute approximate surface area is 115 Å². The zero-order valence-electron chi connectivity index (χ0n) is 11.9. The fourth-order valence-corrected chi connectivity index (χ4v) is 5.31.